The van der Waals surface area contributed by atoms with Gasteiger partial charge < -0.3 is 19.3 Å². The lowest BCUT2D eigenvalue weighted by Crippen LogP contribution is -2.29. The van der Waals surface area contributed by atoms with Crippen molar-refractivity contribution in [2.45, 2.75) is 33.0 Å². The van der Waals surface area contributed by atoms with Crippen molar-refractivity contribution in [2.24, 2.45) is 0 Å². The number of hydrogen-bond acceptors (Lipinski definition) is 6. The van der Waals surface area contributed by atoms with E-state index in [4.69, 9.17) is 14.2 Å². The van der Waals surface area contributed by atoms with Gasteiger partial charge in [-0.3, -0.25) is 0 Å². The first kappa shape index (κ1) is 21.6. The minimum absolute atomic E-state index is 0.000519. The lowest BCUT2D eigenvalue weighted by atomic mass is 10.1. The Balaban J connectivity index is 1.75. The van der Waals surface area contributed by atoms with Crippen LogP contribution in [0.2, 0.25) is 0 Å². The van der Waals surface area contributed by atoms with Crippen LogP contribution >= 0.6 is 0 Å². The Hall–Kier alpha value is -2.70. The lowest BCUT2D eigenvalue weighted by molar-refractivity contribution is -0.0435. The van der Waals surface area contributed by atoms with E-state index in [2.05, 4.69) is 0 Å². The Morgan fingerprint density at radius 2 is 1.29 bits per heavy atom. The zero-order valence-corrected chi connectivity index (χ0v) is 16.4. The van der Waals surface area contributed by atoms with Crippen LogP contribution in [0.1, 0.15) is 38.8 Å². The molecule has 2 aromatic rings. The molecule has 0 radical (unpaired) electrons. The van der Waals surface area contributed by atoms with Crippen LogP contribution < -0.4 is 0 Å². The normalized spacial score (nSPS) is 12.9. The molecule has 0 bridgehead atoms. The molecule has 0 aromatic heterocycles. The van der Waals surface area contributed by atoms with Crippen molar-refractivity contribution in [1.82, 2.24) is 0 Å². The fourth-order valence-electron chi connectivity index (χ4n) is 2.37. The predicted molar refractivity (Wildman–Crippen MR) is 104 cm³/mol. The summed E-state index contributed by atoms with van der Waals surface area (Å²) in [5.41, 5.74) is 2.97. The second kappa shape index (κ2) is 10.6. The van der Waals surface area contributed by atoms with Crippen molar-refractivity contribution < 1.29 is 28.9 Å². The van der Waals surface area contributed by atoms with Gasteiger partial charge in [-0.1, -0.05) is 35.4 Å². The maximum Gasteiger partial charge on any atom is 0.338 e. The Labute approximate surface area is 165 Å². The molecule has 0 fully saturated rings. The molecule has 6 heteroatoms. The molecule has 6 nitrogen and oxygen atoms in total. The van der Waals surface area contributed by atoms with Crippen LogP contribution in [0.5, 0.6) is 0 Å². The van der Waals surface area contributed by atoms with Crippen LogP contribution in [0.3, 0.4) is 0 Å². The molecule has 150 valence electrons. The van der Waals surface area contributed by atoms with Crippen molar-refractivity contribution in [2.75, 3.05) is 19.8 Å². The summed E-state index contributed by atoms with van der Waals surface area (Å²) in [7, 11) is 0. The molecule has 0 spiro atoms. The van der Waals surface area contributed by atoms with Crippen molar-refractivity contribution in [3.8, 4) is 0 Å². The van der Waals surface area contributed by atoms with Crippen molar-refractivity contribution in [1.29, 1.82) is 0 Å². The van der Waals surface area contributed by atoms with Gasteiger partial charge in [0.1, 0.15) is 12.2 Å². The van der Waals surface area contributed by atoms with E-state index in [0.717, 1.165) is 11.1 Å². The zero-order chi connectivity index (χ0) is 20.5. The second-order valence-corrected chi connectivity index (χ2v) is 6.70. The van der Waals surface area contributed by atoms with E-state index in [1.165, 1.54) is 0 Å². The van der Waals surface area contributed by atoms with Gasteiger partial charge in [0.25, 0.3) is 0 Å². The summed E-state index contributed by atoms with van der Waals surface area (Å²) in [6.07, 6.45) is -1.28. The van der Waals surface area contributed by atoms with Crippen LogP contribution in [0, 0.1) is 13.8 Å². The van der Waals surface area contributed by atoms with Gasteiger partial charge in [0.05, 0.1) is 30.9 Å². The largest absolute Gasteiger partial charge is 0.457 e. The molecule has 2 unspecified atom stereocenters. The zero-order valence-electron chi connectivity index (χ0n) is 16.4. The number of esters is 2. The first-order chi connectivity index (χ1) is 13.4. The quantitative estimate of drug-likeness (QED) is 0.667. The minimum Gasteiger partial charge on any atom is -0.457 e. The second-order valence-electron chi connectivity index (χ2n) is 6.70. The van der Waals surface area contributed by atoms with E-state index >= 15 is 0 Å². The topological polar surface area (TPSA) is 82.1 Å². The van der Waals surface area contributed by atoms with E-state index in [9.17, 15) is 14.7 Å². The van der Waals surface area contributed by atoms with Gasteiger partial charge in [-0.25, -0.2) is 9.59 Å². The van der Waals surface area contributed by atoms with Crippen LogP contribution in [0.4, 0.5) is 0 Å². The summed E-state index contributed by atoms with van der Waals surface area (Å²) in [6, 6.07) is 14.0. The van der Waals surface area contributed by atoms with Gasteiger partial charge in [-0.2, -0.15) is 0 Å². The molecule has 0 saturated heterocycles. The van der Waals surface area contributed by atoms with Crippen LogP contribution in [-0.4, -0.2) is 49.1 Å². The highest BCUT2D eigenvalue weighted by molar-refractivity contribution is 5.90. The predicted octanol–water partition coefficient (Wildman–Crippen LogP) is 3.08. The van der Waals surface area contributed by atoms with E-state index in [1.54, 1.807) is 31.2 Å². The Bertz CT molecular complexity index is 767. The van der Waals surface area contributed by atoms with Crippen molar-refractivity contribution >= 4 is 11.9 Å². The first-order valence-electron chi connectivity index (χ1n) is 9.13. The third-order valence-electron chi connectivity index (χ3n) is 4.02. The van der Waals surface area contributed by atoms with Gasteiger partial charge in [-0.05, 0) is 45.0 Å². The van der Waals surface area contributed by atoms with Crippen LogP contribution in [-0.2, 0) is 14.2 Å². The molecule has 2 aromatic carbocycles. The summed E-state index contributed by atoms with van der Waals surface area (Å²) in [6.45, 7) is 5.32. The fraction of sp³-hybridized carbons (Fsp3) is 0.364. The third-order valence-corrected chi connectivity index (χ3v) is 4.02. The number of hydrogen-bond donors (Lipinski definition) is 1. The molecule has 0 aliphatic heterocycles. The number of rotatable bonds is 9. The first-order valence-corrected chi connectivity index (χ1v) is 9.13. The number of carbonyl (C=O) groups excluding carboxylic acids is 2. The molecule has 2 rings (SSSR count). The standard InChI is InChI=1S/C22H26O6/c1-15-4-8-18(9-5-15)21(24)27-17(3)13-26-14-20(12-23)28-22(25)19-10-6-16(2)7-11-19/h4-11,17,20,23H,12-14H2,1-3H3. The Kier molecular flexibility index (Phi) is 8.17. The van der Waals surface area contributed by atoms with Crippen molar-refractivity contribution in [3.63, 3.8) is 0 Å². The van der Waals surface area contributed by atoms with Gasteiger partial charge in [-0.15, -0.1) is 0 Å². The van der Waals surface area contributed by atoms with Gasteiger partial charge in [0, 0.05) is 0 Å². The molecule has 2 atom stereocenters. The summed E-state index contributed by atoms with van der Waals surface area (Å²) in [5, 5.41) is 9.41. The number of aliphatic hydroxyl groups excluding tert-OH is 1. The van der Waals surface area contributed by atoms with Crippen molar-refractivity contribution in [3.05, 3.63) is 70.8 Å². The molecule has 1 N–H and O–H groups in total. The van der Waals surface area contributed by atoms with E-state index in [1.807, 2.05) is 38.1 Å². The molecule has 0 aliphatic rings. The average molecular weight is 386 g/mol. The highest BCUT2D eigenvalue weighted by Gasteiger charge is 2.17. The van der Waals surface area contributed by atoms with Crippen LogP contribution in [0.25, 0.3) is 0 Å². The molecule has 28 heavy (non-hydrogen) atoms. The highest BCUT2D eigenvalue weighted by Crippen LogP contribution is 2.09. The van der Waals surface area contributed by atoms with Gasteiger partial charge in [0.15, 0.2) is 0 Å². The summed E-state index contributed by atoms with van der Waals surface area (Å²) >= 11 is 0. The maximum absolute atomic E-state index is 12.1. The number of aliphatic hydroxyl groups is 1. The number of carbonyl (C=O) groups is 2. The number of aryl methyl sites for hydroxylation is 2. The molecule has 0 saturated carbocycles. The summed E-state index contributed by atoms with van der Waals surface area (Å²) in [5.74, 6) is -0.956. The van der Waals surface area contributed by atoms with Crippen LogP contribution in [0.15, 0.2) is 48.5 Å². The van der Waals surface area contributed by atoms with E-state index < -0.39 is 24.1 Å². The smallest absolute Gasteiger partial charge is 0.338 e. The monoisotopic (exact) mass is 386 g/mol. The molecule has 0 amide bonds. The van der Waals surface area contributed by atoms with Gasteiger partial charge in [0.2, 0.25) is 0 Å². The molecular weight excluding hydrogens is 360 g/mol. The Morgan fingerprint density at radius 3 is 1.75 bits per heavy atom. The maximum atomic E-state index is 12.1. The average Bonchev–Trinajstić information content (AvgIpc) is 2.68. The molecule has 0 heterocycles. The summed E-state index contributed by atoms with van der Waals surface area (Å²) in [4.78, 5) is 24.1. The minimum atomic E-state index is -0.797. The summed E-state index contributed by atoms with van der Waals surface area (Å²) < 4.78 is 16.0. The Morgan fingerprint density at radius 1 is 0.821 bits per heavy atom. The number of ether oxygens (including phenoxy) is 3. The molecular formula is C22H26O6. The fourth-order valence-corrected chi connectivity index (χ4v) is 2.37. The third kappa shape index (κ3) is 6.79. The SMILES string of the molecule is Cc1ccc(C(=O)OC(C)COCC(CO)OC(=O)c2ccc(C)cc2)cc1. The van der Waals surface area contributed by atoms with Gasteiger partial charge >= 0.3 is 11.9 Å². The number of benzene rings is 2. The molecule has 0 aliphatic carbocycles. The van der Waals surface area contributed by atoms with E-state index in [-0.39, 0.29) is 19.8 Å². The van der Waals surface area contributed by atoms with E-state index in [0.29, 0.717) is 11.1 Å². The highest BCUT2D eigenvalue weighted by atomic mass is 16.6. The lowest BCUT2D eigenvalue weighted by Gasteiger charge is -2.18.